The van der Waals surface area contributed by atoms with Gasteiger partial charge in [0.1, 0.15) is 11.6 Å². The lowest BCUT2D eigenvalue weighted by atomic mass is 9.91. The number of rotatable bonds is 3. The molecule has 1 unspecified atom stereocenters. The Labute approximate surface area is 126 Å². The molecule has 1 amide bonds. The molecule has 0 spiro atoms. The Balaban J connectivity index is 1.74. The molecule has 1 N–H and O–H groups in total. The van der Waals surface area contributed by atoms with Crippen LogP contribution in [0.4, 0.5) is 5.69 Å². The molecular formula is C15H14N2O3S. The molecule has 6 heteroatoms. The van der Waals surface area contributed by atoms with Crippen molar-refractivity contribution in [3.8, 4) is 0 Å². The summed E-state index contributed by atoms with van der Waals surface area (Å²) >= 11 is 1.46. The number of esters is 1. The van der Waals surface area contributed by atoms with Crippen LogP contribution in [0.5, 0.6) is 0 Å². The van der Waals surface area contributed by atoms with E-state index >= 15 is 0 Å². The van der Waals surface area contributed by atoms with Crippen molar-refractivity contribution in [2.45, 2.75) is 25.9 Å². The number of benzene rings is 1. The largest absolute Gasteiger partial charge is 0.458 e. The molecule has 108 valence electrons. The van der Waals surface area contributed by atoms with Crippen LogP contribution in [0.15, 0.2) is 29.6 Å². The summed E-state index contributed by atoms with van der Waals surface area (Å²) in [6.45, 7) is 2.04. The third-order valence-electron chi connectivity index (χ3n) is 3.29. The minimum Gasteiger partial charge on any atom is -0.458 e. The van der Waals surface area contributed by atoms with Gasteiger partial charge in [0.15, 0.2) is 0 Å². The summed E-state index contributed by atoms with van der Waals surface area (Å²) in [5, 5.41) is 5.43. The van der Waals surface area contributed by atoms with Crippen molar-refractivity contribution in [3.05, 3.63) is 45.9 Å². The number of carbonyl (C=O) groups is 2. The highest BCUT2D eigenvalue weighted by Gasteiger charge is 2.31. The molecule has 2 aromatic rings. The number of para-hydroxylation sites is 1. The minimum atomic E-state index is -0.545. The number of amides is 1. The van der Waals surface area contributed by atoms with E-state index in [-0.39, 0.29) is 24.9 Å². The number of anilines is 1. The van der Waals surface area contributed by atoms with Gasteiger partial charge in [-0.15, -0.1) is 11.3 Å². The number of thiazole rings is 1. The molecular weight excluding hydrogens is 288 g/mol. The number of carbonyl (C=O) groups excluding carboxylic acids is 2. The SMILES string of the molecule is Cc1csc(COC(=O)C2CC(=O)Nc3ccccc32)n1. The van der Waals surface area contributed by atoms with Crippen molar-refractivity contribution in [1.29, 1.82) is 0 Å². The molecule has 0 fully saturated rings. The third kappa shape index (κ3) is 2.95. The lowest BCUT2D eigenvalue weighted by Crippen LogP contribution is -2.28. The zero-order valence-electron chi connectivity index (χ0n) is 11.5. The number of fused-ring (bicyclic) bond motifs is 1. The molecule has 1 aliphatic rings. The van der Waals surface area contributed by atoms with E-state index in [1.54, 1.807) is 6.07 Å². The van der Waals surface area contributed by atoms with E-state index in [1.165, 1.54) is 11.3 Å². The number of ether oxygens (including phenoxy) is 1. The van der Waals surface area contributed by atoms with Gasteiger partial charge in [0.05, 0.1) is 5.92 Å². The van der Waals surface area contributed by atoms with E-state index in [4.69, 9.17) is 4.74 Å². The third-order valence-corrected chi connectivity index (χ3v) is 4.23. The van der Waals surface area contributed by atoms with Crippen molar-refractivity contribution in [2.24, 2.45) is 0 Å². The fourth-order valence-electron chi connectivity index (χ4n) is 2.32. The van der Waals surface area contributed by atoms with Gasteiger partial charge in [0.25, 0.3) is 0 Å². The number of nitrogens with one attached hydrogen (secondary N) is 1. The summed E-state index contributed by atoms with van der Waals surface area (Å²) in [5.74, 6) is -1.10. The van der Waals surface area contributed by atoms with Crippen LogP contribution in [0, 0.1) is 6.92 Å². The maximum atomic E-state index is 12.3. The Kier molecular flexibility index (Phi) is 3.70. The zero-order chi connectivity index (χ0) is 14.8. The van der Waals surface area contributed by atoms with Crippen LogP contribution in [-0.4, -0.2) is 16.9 Å². The predicted octanol–water partition coefficient (Wildman–Crippen LogP) is 2.62. The van der Waals surface area contributed by atoms with Gasteiger partial charge < -0.3 is 10.1 Å². The normalized spacial score (nSPS) is 17.0. The highest BCUT2D eigenvalue weighted by molar-refractivity contribution is 7.09. The van der Waals surface area contributed by atoms with Crippen LogP contribution < -0.4 is 5.32 Å². The quantitative estimate of drug-likeness (QED) is 0.885. The van der Waals surface area contributed by atoms with E-state index < -0.39 is 5.92 Å². The maximum absolute atomic E-state index is 12.3. The Morgan fingerprint density at radius 3 is 3.05 bits per heavy atom. The highest BCUT2D eigenvalue weighted by atomic mass is 32.1. The van der Waals surface area contributed by atoms with Crippen molar-refractivity contribution in [3.63, 3.8) is 0 Å². The molecule has 0 bridgehead atoms. The van der Waals surface area contributed by atoms with Gasteiger partial charge in [-0.25, -0.2) is 4.98 Å². The van der Waals surface area contributed by atoms with Crippen LogP contribution in [-0.2, 0) is 20.9 Å². The second kappa shape index (κ2) is 5.65. The van der Waals surface area contributed by atoms with Gasteiger partial charge in [0.2, 0.25) is 5.91 Å². The molecule has 1 atom stereocenters. The Morgan fingerprint density at radius 1 is 1.48 bits per heavy atom. The van der Waals surface area contributed by atoms with E-state index in [0.29, 0.717) is 5.69 Å². The minimum absolute atomic E-state index is 0.118. The first-order valence-electron chi connectivity index (χ1n) is 6.60. The van der Waals surface area contributed by atoms with Crippen LogP contribution in [0.3, 0.4) is 0 Å². The van der Waals surface area contributed by atoms with Crippen molar-refractivity contribution in [2.75, 3.05) is 5.32 Å². The topological polar surface area (TPSA) is 68.3 Å². The number of hydrogen-bond acceptors (Lipinski definition) is 5. The van der Waals surface area contributed by atoms with E-state index in [1.807, 2.05) is 30.5 Å². The second-order valence-electron chi connectivity index (χ2n) is 4.88. The highest BCUT2D eigenvalue weighted by Crippen LogP contribution is 2.33. The molecule has 1 aromatic heterocycles. The van der Waals surface area contributed by atoms with Gasteiger partial charge in [0, 0.05) is 23.2 Å². The van der Waals surface area contributed by atoms with E-state index in [0.717, 1.165) is 16.3 Å². The Hall–Kier alpha value is -2.21. The molecule has 1 aromatic carbocycles. The summed E-state index contributed by atoms with van der Waals surface area (Å²) < 4.78 is 5.32. The number of nitrogens with zero attached hydrogens (tertiary/aromatic N) is 1. The first kappa shape index (κ1) is 13.8. The van der Waals surface area contributed by atoms with Gasteiger partial charge in [-0.1, -0.05) is 18.2 Å². The molecule has 0 radical (unpaired) electrons. The molecule has 21 heavy (non-hydrogen) atoms. The summed E-state index contributed by atoms with van der Waals surface area (Å²) in [5.41, 5.74) is 2.40. The van der Waals surface area contributed by atoms with Gasteiger partial charge in [-0.05, 0) is 18.6 Å². The molecule has 0 saturated heterocycles. The first-order chi connectivity index (χ1) is 10.1. The van der Waals surface area contributed by atoms with Gasteiger partial charge in [-0.3, -0.25) is 9.59 Å². The predicted molar refractivity (Wildman–Crippen MR) is 79.1 cm³/mol. The maximum Gasteiger partial charge on any atom is 0.314 e. The van der Waals surface area contributed by atoms with E-state index in [2.05, 4.69) is 10.3 Å². The molecule has 0 saturated carbocycles. The van der Waals surface area contributed by atoms with Crippen LogP contribution in [0.2, 0.25) is 0 Å². The van der Waals surface area contributed by atoms with Crippen LogP contribution >= 0.6 is 11.3 Å². The Morgan fingerprint density at radius 2 is 2.29 bits per heavy atom. The standard InChI is InChI=1S/C15H14N2O3S/c1-9-8-21-14(16-9)7-20-15(19)11-6-13(18)17-12-5-3-2-4-10(11)12/h2-5,8,11H,6-7H2,1H3,(H,17,18). The Bertz CT molecular complexity index is 696. The fourth-order valence-corrected chi connectivity index (χ4v) is 3.01. The summed E-state index contributed by atoms with van der Waals surface area (Å²) in [4.78, 5) is 28.2. The molecule has 0 aliphatic carbocycles. The van der Waals surface area contributed by atoms with Gasteiger partial charge in [-0.2, -0.15) is 0 Å². The average molecular weight is 302 g/mol. The van der Waals surface area contributed by atoms with Gasteiger partial charge >= 0.3 is 5.97 Å². The fraction of sp³-hybridized carbons (Fsp3) is 0.267. The first-order valence-corrected chi connectivity index (χ1v) is 7.48. The van der Waals surface area contributed by atoms with Crippen LogP contribution in [0.1, 0.15) is 28.6 Å². The number of aromatic nitrogens is 1. The zero-order valence-corrected chi connectivity index (χ0v) is 12.3. The monoisotopic (exact) mass is 302 g/mol. The summed E-state index contributed by atoms with van der Waals surface area (Å²) in [6, 6.07) is 7.30. The van der Waals surface area contributed by atoms with Crippen molar-refractivity contribution < 1.29 is 14.3 Å². The van der Waals surface area contributed by atoms with E-state index in [9.17, 15) is 9.59 Å². The molecule has 2 heterocycles. The molecule has 5 nitrogen and oxygen atoms in total. The number of hydrogen-bond donors (Lipinski definition) is 1. The molecule has 3 rings (SSSR count). The smallest absolute Gasteiger partial charge is 0.314 e. The lowest BCUT2D eigenvalue weighted by molar-refractivity contribution is -0.148. The van der Waals surface area contributed by atoms with Crippen LogP contribution in [0.25, 0.3) is 0 Å². The molecule has 1 aliphatic heterocycles. The van der Waals surface area contributed by atoms with Crippen molar-refractivity contribution >= 4 is 28.9 Å². The summed E-state index contributed by atoms with van der Waals surface area (Å²) in [6.07, 6.45) is 0.118. The average Bonchev–Trinajstić information content (AvgIpc) is 2.89. The van der Waals surface area contributed by atoms with Crippen molar-refractivity contribution in [1.82, 2.24) is 4.98 Å². The lowest BCUT2D eigenvalue weighted by Gasteiger charge is -2.23. The second-order valence-corrected chi connectivity index (χ2v) is 5.83. The number of aryl methyl sites for hydroxylation is 1. The summed E-state index contributed by atoms with van der Waals surface area (Å²) in [7, 11) is 0.